The van der Waals surface area contributed by atoms with Crippen molar-refractivity contribution in [2.24, 2.45) is 0 Å². The summed E-state index contributed by atoms with van der Waals surface area (Å²) in [4.78, 5) is 16.8. The molecule has 0 bridgehead atoms. The van der Waals surface area contributed by atoms with Gasteiger partial charge in [-0.3, -0.25) is 9.89 Å². The molecule has 0 spiro atoms. The van der Waals surface area contributed by atoms with Gasteiger partial charge in [0, 0.05) is 36.1 Å². The molecule has 142 valence electrons. The van der Waals surface area contributed by atoms with Crippen molar-refractivity contribution in [2.75, 3.05) is 5.32 Å². The van der Waals surface area contributed by atoms with E-state index in [2.05, 4.69) is 25.2 Å². The quantitative estimate of drug-likeness (QED) is 0.662. The van der Waals surface area contributed by atoms with Crippen molar-refractivity contribution in [1.82, 2.24) is 19.6 Å². The SMILES string of the molecule is C[C@H](C(=O)Nc1cc(C2CC2)[nH]n1)c1cn2cc(Cl)cc(OC(F)F)c2n1. The fourth-order valence-corrected chi connectivity index (χ4v) is 3.02. The molecule has 0 saturated heterocycles. The van der Waals surface area contributed by atoms with Gasteiger partial charge in [-0.05, 0) is 19.8 Å². The molecule has 10 heteroatoms. The first kappa shape index (κ1) is 17.7. The Morgan fingerprint density at radius 1 is 1.41 bits per heavy atom. The number of carbonyl (C=O) groups excluding carboxylic acids is 1. The molecule has 1 fully saturated rings. The lowest BCUT2D eigenvalue weighted by Gasteiger charge is -2.07. The van der Waals surface area contributed by atoms with Gasteiger partial charge in [0.25, 0.3) is 0 Å². The van der Waals surface area contributed by atoms with E-state index >= 15 is 0 Å². The van der Waals surface area contributed by atoms with Crippen LogP contribution in [0.15, 0.2) is 24.5 Å². The topological polar surface area (TPSA) is 84.3 Å². The fourth-order valence-electron chi connectivity index (χ4n) is 2.82. The summed E-state index contributed by atoms with van der Waals surface area (Å²) in [7, 11) is 0. The molecule has 7 nitrogen and oxygen atoms in total. The number of H-pyrrole nitrogens is 1. The second-order valence-corrected chi connectivity index (χ2v) is 6.93. The summed E-state index contributed by atoms with van der Waals surface area (Å²) in [5.74, 6) is -0.157. The van der Waals surface area contributed by atoms with Crippen LogP contribution in [0.1, 0.15) is 43.0 Å². The minimum Gasteiger partial charge on any atom is -0.431 e. The monoisotopic (exact) mass is 395 g/mol. The number of hydrogen-bond acceptors (Lipinski definition) is 4. The van der Waals surface area contributed by atoms with Crippen LogP contribution < -0.4 is 10.1 Å². The summed E-state index contributed by atoms with van der Waals surface area (Å²) in [6.07, 6.45) is 5.31. The fraction of sp³-hybridized carbons (Fsp3) is 0.353. The minimum absolute atomic E-state index is 0.155. The Kier molecular flexibility index (Phi) is 4.47. The predicted octanol–water partition coefficient (Wildman–Crippen LogP) is 3.93. The van der Waals surface area contributed by atoms with Crippen LogP contribution in [0.3, 0.4) is 0 Å². The average molecular weight is 396 g/mol. The number of rotatable bonds is 6. The van der Waals surface area contributed by atoms with Crippen LogP contribution in [0.5, 0.6) is 5.75 Å². The first-order chi connectivity index (χ1) is 12.9. The van der Waals surface area contributed by atoms with Crippen molar-refractivity contribution in [3.8, 4) is 5.75 Å². The Bertz CT molecular complexity index is 999. The summed E-state index contributed by atoms with van der Waals surface area (Å²) in [5, 5.41) is 9.96. The Hall–Kier alpha value is -2.68. The van der Waals surface area contributed by atoms with Crippen LogP contribution in [0.25, 0.3) is 5.65 Å². The van der Waals surface area contributed by atoms with Crippen LogP contribution in [-0.4, -0.2) is 32.1 Å². The van der Waals surface area contributed by atoms with E-state index in [1.807, 2.05) is 6.07 Å². The molecule has 1 aliphatic rings. The number of aromatic amines is 1. The number of hydrogen-bond donors (Lipinski definition) is 2. The predicted molar refractivity (Wildman–Crippen MR) is 94.4 cm³/mol. The van der Waals surface area contributed by atoms with Gasteiger partial charge >= 0.3 is 6.61 Å². The largest absolute Gasteiger partial charge is 0.431 e. The summed E-state index contributed by atoms with van der Waals surface area (Å²) in [6, 6.07) is 3.08. The lowest BCUT2D eigenvalue weighted by molar-refractivity contribution is -0.117. The van der Waals surface area contributed by atoms with Crippen molar-refractivity contribution in [1.29, 1.82) is 0 Å². The molecule has 0 radical (unpaired) electrons. The van der Waals surface area contributed by atoms with E-state index in [4.69, 9.17) is 11.6 Å². The third-order valence-electron chi connectivity index (χ3n) is 4.42. The van der Waals surface area contributed by atoms with E-state index in [0.29, 0.717) is 17.4 Å². The molecule has 3 heterocycles. The number of ether oxygens (including phenoxy) is 1. The van der Waals surface area contributed by atoms with Gasteiger partial charge in [0.15, 0.2) is 17.2 Å². The van der Waals surface area contributed by atoms with Crippen molar-refractivity contribution >= 4 is 29.0 Å². The highest BCUT2D eigenvalue weighted by Crippen LogP contribution is 2.39. The van der Waals surface area contributed by atoms with Gasteiger partial charge in [-0.25, -0.2) is 4.98 Å². The molecule has 0 unspecified atom stereocenters. The molecule has 2 N–H and O–H groups in total. The van der Waals surface area contributed by atoms with Gasteiger partial charge in [-0.1, -0.05) is 11.6 Å². The van der Waals surface area contributed by atoms with Crippen molar-refractivity contribution < 1.29 is 18.3 Å². The molecule has 3 aromatic heterocycles. The highest BCUT2D eigenvalue weighted by atomic mass is 35.5. The number of nitrogens with zero attached hydrogens (tertiary/aromatic N) is 3. The van der Waals surface area contributed by atoms with E-state index < -0.39 is 12.5 Å². The third-order valence-corrected chi connectivity index (χ3v) is 4.63. The van der Waals surface area contributed by atoms with Gasteiger partial charge in [0.1, 0.15) is 0 Å². The van der Waals surface area contributed by atoms with Gasteiger partial charge in [0.2, 0.25) is 5.91 Å². The third kappa shape index (κ3) is 3.73. The van der Waals surface area contributed by atoms with Crippen LogP contribution in [0.2, 0.25) is 5.02 Å². The molecule has 1 amide bonds. The van der Waals surface area contributed by atoms with Gasteiger partial charge in [0.05, 0.1) is 16.6 Å². The van der Waals surface area contributed by atoms with Crippen molar-refractivity contribution in [3.63, 3.8) is 0 Å². The number of fused-ring (bicyclic) bond motifs is 1. The first-order valence-corrected chi connectivity index (χ1v) is 8.77. The first-order valence-electron chi connectivity index (χ1n) is 8.40. The molecule has 4 rings (SSSR count). The number of anilines is 1. The van der Waals surface area contributed by atoms with E-state index in [9.17, 15) is 13.6 Å². The maximum absolute atomic E-state index is 12.6. The normalized spacial score (nSPS) is 15.3. The molecule has 0 aliphatic heterocycles. The Morgan fingerprint density at radius 3 is 2.89 bits per heavy atom. The number of imidazole rings is 1. The zero-order valence-electron chi connectivity index (χ0n) is 14.2. The lowest BCUT2D eigenvalue weighted by atomic mass is 10.1. The maximum atomic E-state index is 12.6. The molecular weight excluding hydrogens is 380 g/mol. The highest BCUT2D eigenvalue weighted by Gasteiger charge is 2.26. The zero-order chi connectivity index (χ0) is 19.1. The van der Waals surface area contributed by atoms with Gasteiger partial charge in [-0.15, -0.1) is 0 Å². The summed E-state index contributed by atoms with van der Waals surface area (Å²) >= 11 is 5.93. The summed E-state index contributed by atoms with van der Waals surface area (Å²) < 4.78 is 31.1. The molecule has 3 aromatic rings. The van der Waals surface area contributed by atoms with E-state index in [0.717, 1.165) is 18.5 Å². The molecule has 27 heavy (non-hydrogen) atoms. The number of carbonyl (C=O) groups is 1. The zero-order valence-corrected chi connectivity index (χ0v) is 15.0. The second-order valence-electron chi connectivity index (χ2n) is 6.49. The highest BCUT2D eigenvalue weighted by molar-refractivity contribution is 6.30. The number of alkyl halides is 2. The molecule has 1 saturated carbocycles. The molecule has 1 atom stereocenters. The Labute approximate surface area is 157 Å². The second kappa shape index (κ2) is 6.80. The van der Waals surface area contributed by atoms with E-state index in [1.54, 1.807) is 13.1 Å². The molecule has 1 aliphatic carbocycles. The van der Waals surface area contributed by atoms with Crippen LogP contribution in [0, 0.1) is 0 Å². The number of halogens is 3. The maximum Gasteiger partial charge on any atom is 0.387 e. The van der Waals surface area contributed by atoms with Crippen LogP contribution in [0.4, 0.5) is 14.6 Å². The van der Waals surface area contributed by atoms with Crippen LogP contribution >= 0.6 is 11.6 Å². The standard InChI is InChI=1S/C17H16ClF2N5O2/c1-8(16(26)22-14-5-11(23-24-14)9-2-3-9)12-7-25-6-10(18)4-13(15(25)21-12)27-17(19)20/h4-9,17H,2-3H2,1H3,(H2,22,23,24,26)/t8-/m0/s1. The van der Waals surface area contributed by atoms with Gasteiger partial charge in [-0.2, -0.15) is 13.9 Å². The smallest absolute Gasteiger partial charge is 0.387 e. The Balaban J connectivity index is 1.55. The van der Waals surface area contributed by atoms with Crippen molar-refractivity contribution in [2.45, 2.75) is 38.2 Å². The molecule has 0 aromatic carbocycles. The molecular formula is C17H16ClF2N5O2. The lowest BCUT2D eigenvalue weighted by Crippen LogP contribution is -2.19. The Morgan fingerprint density at radius 2 is 2.19 bits per heavy atom. The number of aromatic nitrogens is 4. The van der Waals surface area contributed by atoms with Gasteiger partial charge < -0.3 is 14.5 Å². The number of pyridine rings is 1. The average Bonchev–Trinajstić information content (AvgIpc) is 3.19. The number of amides is 1. The minimum atomic E-state index is -3.01. The summed E-state index contributed by atoms with van der Waals surface area (Å²) in [5.41, 5.74) is 1.56. The van der Waals surface area contributed by atoms with E-state index in [-0.39, 0.29) is 22.3 Å². The number of nitrogens with one attached hydrogen (secondary N) is 2. The van der Waals surface area contributed by atoms with Crippen molar-refractivity contribution in [3.05, 3.63) is 40.9 Å². The van der Waals surface area contributed by atoms with E-state index in [1.165, 1.54) is 16.7 Å². The van der Waals surface area contributed by atoms with Crippen LogP contribution in [-0.2, 0) is 4.79 Å². The summed E-state index contributed by atoms with van der Waals surface area (Å²) in [6.45, 7) is -1.34.